The third-order valence-corrected chi connectivity index (χ3v) is 6.62. The van der Waals surface area contributed by atoms with Crippen LogP contribution in [-0.2, 0) is 16.1 Å². The van der Waals surface area contributed by atoms with Gasteiger partial charge in [0.25, 0.3) is 0 Å². The first-order valence-corrected chi connectivity index (χ1v) is 11.7. The van der Waals surface area contributed by atoms with E-state index in [9.17, 15) is 14.0 Å². The monoisotopic (exact) mass is 454 g/mol. The minimum atomic E-state index is -0.369. The molecule has 1 aliphatic rings. The van der Waals surface area contributed by atoms with Crippen LogP contribution in [0.1, 0.15) is 38.2 Å². The van der Waals surface area contributed by atoms with Crippen LogP contribution >= 0.6 is 11.3 Å². The van der Waals surface area contributed by atoms with E-state index in [0.717, 1.165) is 35.8 Å². The second-order valence-electron chi connectivity index (χ2n) is 8.38. The molecule has 0 aliphatic carbocycles. The smallest absolute Gasteiger partial charge is 0.226 e. The highest BCUT2D eigenvalue weighted by Gasteiger charge is 2.16. The van der Waals surface area contributed by atoms with E-state index in [1.54, 1.807) is 0 Å². The van der Waals surface area contributed by atoms with E-state index in [1.165, 1.54) is 54.0 Å². The van der Waals surface area contributed by atoms with Gasteiger partial charge in [0, 0.05) is 25.1 Å². The Morgan fingerprint density at radius 1 is 1.06 bits per heavy atom. The predicted octanol–water partition coefficient (Wildman–Crippen LogP) is 5.02. The first-order chi connectivity index (χ1) is 15.4. The van der Waals surface area contributed by atoms with Gasteiger partial charge in [0.2, 0.25) is 11.8 Å². The first-order valence-electron chi connectivity index (χ1n) is 10.9. The molecule has 0 unspecified atom stereocenters. The molecule has 1 fully saturated rings. The summed E-state index contributed by atoms with van der Waals surface area (Å²) in [6.07, 6.45) is 2.58. The summed E-state index contributed by atoms with van der Waals surface area (Å²) in [6, 6.07) is 11.8. The molecular formula is C24H27FN4O2S. The number of fused-ring (bicyclic) bond motifs is 1. The molecule has 0 atom stereocenters. The number of amides is 2. The molecule has 0 radical (unpaired) electrons. The van der Waals surface area contributed by atoms with Gasteiger partial charge in [-0.05, 0) is 73.8 Å². The molecule has 168 valence electrons. The summed E-state index contributed by atoms with van der Waals surface area (Å²) >= 11 is 1.44. The standard InChI is InChI=1S/C24H27FN4O2S/c1-16-10-12-29(13-11-16)15-17-2-7-20-21(14-17)32-24(27-20)28-23(31)9-8-22(30)26-19-5-3-18(25)4-6-19/h2-7,14,16H,8-13,15H2,1H3,(H,26,30)(H,27,28,31). The van der Waals surface area contributed by atoms with Crippen molar-refractivity contribution in [2.45, 2.75) is 39.2 Å². The maximum Gasteiger partial charge on any atom is 0.226 e. The molecule has 3 aromatic rings. The Balaban J connectivity index is 1.28. The highest BCUT2D eigenvalue weighted by molar-refractivity contribution is 7.22. The highest BCUT2D eigenvalue weighted by Crippen LogP contribution is 2.28. The zero-order chi connectivity index (χ0) is 22.5. The Morgan fingerprint density at radius 3 is 2.47 bits per heavy atom. The number of aromatic nitrogens is 1. The average molecular weight is 455 g/mol. The van der Waals surface area contributed by atoms with Crippen molar-refractivity contribution in [1.29, 1.82) is 0 Å². The van der Waals surface area contributed by atoms with Crippen LogP contribution in [0.5, 0.6) is 0 Å². The Labute approximate surface area is 190 Å². The van der Waals surface area contributed by atoms with E-state index in [1.807, 2.05) is 6.07 Å². The normalized spacial score (nSPS) is 15.1. The quantitative estimate of drug-likeness (QED) is 0.525. The minimum Gasteiger partial charge on any atom is -0.326 e. The lowest BCUT2D eigenvalue weighted by molar-refractivity contribution is -0.121. The number of carbonyl (C=O) groups excluding carboxylic acids is 2. The van der Waals surface area contributed by atoms with E-state index in [4.69, 9.17) is 0 Å². The van der Waals surface area contributed by atoms with Gasteiger partial charge in [-0.1, -0.05) is 24.3 Å². The fourth-order valence-electron chi connectivity index (χ4n) is 3.76. The number of benzene rings is 2. The molecule has 2 N–H and O–H groups in total. The summed E-state index contributed by atoms with van der Waals surface area (Å²) in [7, 11) is 0. The number of anilines is 2. The van der Waals surface area contributed by atoms with E-state index < -0.39 is 0 Å². The predicted molar refractivity (Wildman–Crippen MR) is 126 cm³/mol. The van der Waals surface area contributed by atoms with Crippen LogP contribution in [0.4, 0.5) is 15.2 Å². The lowest BCUT2D eigenvalue weighted by atomic mass is 9.99. The molecule has 0 bridgehead atoms. The molecule has 1 saturated heterocycles. The average Bonchev–Trinajstić information content (AvgIpc) is 3.17. The Kier molecular flexibility index (Phi) is 7.12. The molecule has 32 heavy (non-hydrogen) atoms. The van der Waals surface area contributed by atoms with E-state index in [0.29, 0.717) is 10.8 Å². The number of piperidine rings is 1. The molecule has 1 aromatic heterocycles. The number of carbonyl (C=O) groups is 2. The summed E-state index contributed by atoms with van der Waals surface area (Å²) < 4.78 is 14.0. The van der Waals surface area contributed by atoms with Crippen molar-refractivity contribution in [1.82, 2.24) is 9.88 Å². The van der Waals surface area contributed by atoms with Gasteiger partial charge in [-0.3, -0.25) is 14.5 Å². The molecule has 1 aliphatic heterocycles. The van der Waals surface area contributed by atoms with Crippen LogP contribution in [0.2, 0.25) is 0 Å². The molecule has 6 nitrogen and oxygen atoms in total. The van der Waals surface area contributed by atoms with Gasteiger partial charge in [-0.2, -0.15) is 0 Å². The second kappa shape index (κ2) is 10.2. The third kappa shape index (κ3) is 6.11. The Morgan fingerprint density at radius 2 is 1.75 bits per heavy atom. The van der Waals surface area contributed by atoms with E-state index >= 15 is 0 Å². The largest absolute Gasteiger partial charge is 0.326 e. The van der Waals surface area contributed by atoms with Crippen LogP contribution in [0.3, 0.4) is 0 Å². The highest BCUT2D eigenvalue weighted by atomic mass is 32.1. The van der Waals surface area contributed by atoms with Gasteiger partial charge in [-0.15, -0.1) is 0 Å². The van der Waals surface area contributed by atoms with Crippen LogP contribution in [-0.4, -0.2) is 34.8 Å². The van der Waals surface area contributed by atoms with Crippen molar-refractivity contribution in [3.63, 3.8) is 0 Å². The summed E-state index contributed by atoms with van der Waals surface area (Å²) in [5, 5.41) is 5.98. The SMILES string of the molecule is CC1CCN(Cc2ccc3nc(NC(=O)CCC(=O)Nc4ccc(F)cc4)sc3c2)CC1. The molecule has 2 heterocycles. The maximum atomic E-state index is 12.9. The summed E-state index contributed by atoms with van der Waals surface area (Å²) in [6.45, 7) is 5.52. The first kappa shape index (κ1) is 22.4. The second-order valence-corrected chi connectivity index (χ2v) is 9.41. The number of halogens is 1. The number of hydrogen-bond acceptors (Lipinski definition) is 5. The number of nitrogens with zero attached hydrogens (tertiary/aromatic N) is 2. The Bertz CT molecular complexity index is 1090. The zero-order valence-electron chi connectivity index (χ0n) is 18.1. The van der Waals surface area contributed by atoms with Gasteiger partial charge in [0.1, 0.15) is 5.82 Å². The number of thiazole rings is 1. The van der Waals surface area contributed by atoms with Crippen molar-refractivity contribution >= 4 is 44.2 Å². The number of hydrogen-bond donors (Lipinski definition) is 2. The number of likely N-dealkylation sites (tertiary alicyclic amines) is 1. The topological polar surface area (TPSA) is 74.3 Å². The van der Waals surface area contributed by atoms with Crippen molar-refractivity contribution in [3.8, 4) is 0 Å². The third-order valence-electron chi connectivity index (χ3n) is 5.69. The summed E-state index contributed by atoms with van der Waals surface area (Å²) in [5.41, 5.74) is 2.61. The van der Waals surface area contributed by atoms with Crippen molar-refractivity contribution < 1.29 is 14.0 Å². The number of rotatable bonds is 7. The van der Waals surface area contributed by atoms with E-state index in [2.05, 4.69) is 39.6 Å². The molecular weight excluding hydrogens is 427 g/mol. The van der Waals surface area contributed by atoms with Gasteiger partial charge in [0.15, 0.2) is 5.13 Å². The van der Waals surface area contributed by atoms with Gasteiger partial charge in [0.05, 0.1) is 10.2 Å². The fraction of sp³-hybridized carbons (Fsp3) is 0.375. The van der Waals surface area contributed by atoms with Crippen LogP contribution in [0, 0.1) is 11.7 Å². The molecule has 2 amide bonds. The fourth-order valence-corrected chi connectivity index (χ4v) is 4.71. The zero-order valence-corrected chi connectivity index (χ0v) is 18.9. The van der Waals surface area contributed by atoms with Crippen LogP contribution in [0.15, 0.2) is 42.5 Å². The van der Waals surface area contributed by atoms with Crippen molar-refractivity contribution in [2.75, 3.05) is 23.7 Å². The molecule has 8 heteroatoms. The van der Waals surface area contributed by atoms with Gasteiger partial charge in [-0.25, -0.2) is 9.37 Å². The molecule has 0 spiro atoms. The minimum absolute atomic E-state index is 0.0344. The lowest BCUT2D eigenvalue weighted by Crippen LogP contribution is -2.32. The molecule has 2 aromatic carbocycles. The van der Waals surface area contributed by atoms with Crippen molar-refractivity contribution in [3.05, 3.63) is 53.8 Å². The van der Waals surface area contributed by atoms with Gasteiger partial charge < -0.3 is 10.6 Å². The van der Waals surface area contributed by atoms with E-state index in [-0.39, 0.29) is 30.5 Å². The number of nitrogens with one attached hydrogen (secondary N) is 2. The van der Waals surface area contributed by atoms with Gasteiger partial charge >= 0.3 is 0 Å². The molecule has 0 saturated carbocycles. The lowest BCUT2D eigenvalue weighted by Gasteiger charge is -2.30. The summed E-state index contributed by atoms with van der Waals surface area (Å²) in [4.78, 5) is 31.3. The summed E-state index contributed by atoms with van der Waals surface area (Å²) in [5.74, 6) is -0.115. The van der Waals surface area contributed by atoms with Crippen LogP contribution in [0.25, 0.3) is 10.2 Å². The van der Waals surface area contributed by atoms with Crippen molar-refractivity contribution in [2.24, 2.45) is 5.92 Å². The maximum absolute atomic E-state index is 12.9. The molecule has 4 rings (SSSR count). The Hall–Kier alpha value is -2.84. The van der Waals surface area contributed by atoms with Crippen LogP contribution < -0.4 is 10.6 Å².